The number of piperazine rings is 1. The molecule has 1 aliphatic rings. The van der Waals surface area contributed by atoms with E-state index < -0.39 is 14.9 Å². The first-order chi connectivity index (χ1) is 14.4. The molecule has 0 N–H and O–H groups in total. The number of hydrogen-bond acceptors (Lipinski definition) is 6. The number of methoxy groups -OCH3 is 1. The molecule has 156 valence electrons. The van der Waals surface area contributed by atoms with Gasteiger partial charge in [0, 0.05) is 26.2 Å². The Bertz CT molecular complexity index is 1200. The average molecular weight is 427 g/mol. The number of rotatable bonds is 5. The third-order valence-corrected chi connectivity index (χ3v) is 7.21. The predicted octanol–water partition coefficient (Wildman–Crippen LogP) is 3.27. The van der Waals surface area contributed by atoms with Gasteiger partial charge in [0.2, 0.25) is 10.0 Å². The van der Waals surface area contributed by atoms with Gasteiger partial charge in [-0.1, -0.05) is 30.3 Å². The van der Waals surface area contributed by atoms with Crippen LogP contribution in [0.15, 0.2) is 65.6 Å². The van der Waals surface area contributed by atoms with Crippen LogP contribution in [-0.2, 0) is 10.0 Å². The lowest BCUT2D eigenvalue weighted by Gasteiger charge is -2.35. The summed E-state index contributed by atoms with van der Waals surface area (Å²) in [7, 11) is -2.19. The van der Waals surface area contributed by atoms with E-state index in [0.717, 1.165) is 10.8 Å². The molecule has 0 aliphatic carbocycles. The Balaban J connectivity index is 1.54. The number of hydrogen-bond donors (Lipinski definition) is 0. The van der Waals surface area contributed by atoms with Gasteiger partial charge in [-0.25, -0.2) is 8.42 Å². The van der Waals surface area contributed by atoms with E-state index in [9.17, 15) is 18.5 Å². The summed E-state index contributed by atoms with van der Waals surface area (Å²) in [4.78, 5) is 13.1. The lowest BCUT2D eigenvalue weighted by molar-refractivity contribution is -0.384. The molecule has 1 saturated heterocycles. The van der Waals surface area contributed by atoms with E-state index in [4.69, 9.17) is 4.74 Å². The van der Waals surface area contributed by atoms with E-state index in [-0.39, 0.29) is 23.7 Å². The van der Waals surface area contributed by atoms with E-state index in [2.05, 4.69) is 0 Å². The van der Waals surface area contributed by atoms with Crippen molar-refractivity contribution < 1.29 is 18.1 Å². The highest BCUT2D eigenvalue weighted by molar-refractivity contribution is 7.89. The minimum absolute atomic E-state index is 0.0554. The molecule has 0 spiro atoms. The first-order valence-corrected chi connectivity index (χ1v) is 10.9. The first kappa shape index (κ1) is 20.1. The van der Waals surface area contributed by atoms with Crippen LogP contribution < -0.4 is 9.64 Å². The van der Waals surface area contributed by atoms with Crippen molar-refractivity contribution in [1.29, 1.82) is 0 Å². The smallest absolute Gasteiger partial charge is 0.296 e. The Morgan fingerprint density at radius 2 is 1.63 bits per heavy atom. The van der Waals surface area contributed by atoms with Gasteiger partial charge in [0.25, 0.3) is 5.69 Å². The molecule has 8 nitrogen and oxygen atoms in total. The number of nitro groups is 1. The summed E-state index contributed by atoms with van der Waals surface area (Å²) in [6.07, 6.45) is 0. The number of sulfonamides is 1. The Hall–Kier alpha value is -3.17. The second-order valence-corrected chi connectivity index (χ2v) is 8.95. The summed E-state index contributed by atoms with van der Waals surface area (Å²) >= 11 is 0. The number of nitrogens with zero attached hydrogens (tertiary/aromatic N) is 3. The summed E-state index contributed by atoms with van der Waals surface area (Å²) in [6.45, 7) is 1.22. The van der Waals surface area contributed by atoms with Gasteiger partial charge < -0.3 is 9.64 Å². The Labute approximate surface area is 174 Å². The maximum atomic E-state index is 13.1. The van der Waals surface area contributed by atoms with Crippen LogP contribution in [0.5, 0.6) is 5.75 Å². The normalized spacial score (nSPS) is 15.3. The maximum Gasteiger partial charge on any atom is 0.296 e. The number of nitro benzene ring substituents is 1. The minimum Gasteiger partial charge on any atom is -0.496 e. The van der Waals surface area contributed by atoms with Gasteiger partial charge in [-0.2, -0.15) is 4.31 Å². The molecule has 0 amide bonds. The number of ether oxygens (including phenoxy) is 1. The van der Waals surface area contributed by atoms with Crippen molar-refractivity contribution in [3.8, 4) is 5.75 Å². The Morgan fingerprint density at radius 1 is 0.933 bits per heavy atom. The minimum atomic E-state index is -3.64. The van der Waals surface area contributed by atoms with Crippen LogP contribution in [0.1, 0.15) is 0 Å². The fraction of sp³-hybridized carbons (Fsp3) is 0.238. The summed E-state index contributed by atoms with van der Waals surface area (Å²) in [6, 6.07) is 17.4. The molecule has 3 aromatic carbocycles. The largest absolute Gasteiger partial charge is 0.496 e. The molecular formula is C21H21N3O5S. The lowest BCUT2D eigenvalue weighted by Crippen LogP contribution is -2.48. The predicted molar refractivity (Wildman–Crippen MR) is 115 cm³/mol. The molecule has 1 heterocycles. The number of fused-ring (bicyclic) bond motifs is 1. The van der Waals surface area contributed by atoms with Crippen molar-refractivity contribution in [2.24, 2.45) is 0 Å². The molecule has 0 unspecified atom stereocenters. The van der Waals surface area contributed by atoms with Crippen LogP contribution in [-0.4, -0.2) is 50.9 Å². The van der Waals surface area contributed by atoms with Crippen molar-refractivity contribution in [2.75, 3.05) is 38.2 Å². The van der Waals surface area contributed by atoms with Crippen molar-refractivity contribution in [3.05, 3.63) is 70.8 Å². The fourth-order valence-electron chi connectivity index (χ4n) is 3.69. The van der Waals surface area contributed by atoms with Crippen molar-refractivity contribution in [1.82, 2.24) is 4.31 Å². The monoisotopic (exact) mass is 427 g/mol. The highest BCUT2D eigenvalue weighted by Gasteiger charge is 2.31. The molecule has 4 rings (SSSR count). The summed E-state index contributed by atoms with van der Waals surface area (Å²) < 4.78 is 32.7. The van der Waals surface area contributed by atoms with Crippen LogP contribution >= 0.6 is 0 Å². The van der Waals surface area contributed by atoms with Crippen LogP contribution in [0, 0.1) is 10.1 Å². The van der Waals surface area contributed by atoms with Gasteiger partial charge in [-0.3, -0.25) is 10.1 Å². The molecule has 1 fully saturated rings. The summed E-state index contributed by atoms with van der Waals surface area (Å²) in [5.41, 5.74) is 0.406. The lowest BCUT2D eigenvalue weighted by atomic mass is 10.1. The molecule has 0 radical (unpaired) electrons. The Kier molecular flexibility index (Phi) is 5.31. The molecule has 0 bridgehead atoms. The van der Waals surface area contributed by atoms with E-state index in [1.54, 1.807) is 30.3 Å². The molecule has 1 aliphatic heterocycles. The van der Waals surface area contributed by atoms with Crippen LogP contribution in [0.4, 0.5) is 11.4 Å². The molecular weight excluding hydrogens is 406 g/mol. The molecule has 0 atom stereocenters. The third-order valence-electron chi connectivity index (χ3n) is 5.32. The number of benzene rings is 3. The van der Waals surface area contributed by atoms with E-state index in [1.807, 2.05) is 29.2 Å². The topological polar surface area (TPSA) is 93.0 Å². The van der Waals surface area contributed by atoms with Crippen molar-refractivity contribution in [3.63, 3.8) is 0 Å². The zero-order valence-corrected chi connectivity index (χ0v) is 17.2. The van der Waals surface area contributed by atoms with Gasteiger partial charge in [0.05, 0.1) is 23.0 Å². The first-order valence-electron chi connectivity index (χ1n) is 9.46. The number of anilines is 1. The second kappa shape index (κ2) is 7.92. The standard InChI is InChI=1S/C21H21N3O5S/c1-29-18-7-9-20(21(15-18)24(25)26)22-10-12-23(13-11-22)30(27,28)19-8-6-16-4-2-3-5-17(16)14-19/h2-9,14-15H,10-13H2,1H3. The fourth-order valence-corrected chi connectivity index (χ4v) is 5.15. The SMILES string of the molecule is COc1ccc(N2CCN(S(=O)(=O)c3ccc4ccccc4c3)CC2)c([N+](=O)[O-])c1. The summed E-state index contributed by atoms with van der Waals surface area (Å²) in [5.74, 6) is 0.406. The van der Waals surface area contributed by atoms with E-state index >= 15 is 0 Å². The highest BCUT2D eigenvalue weighted by atomic mass is 32.2. The van der Waals surface area contributed by atoms with Gasteiger partial charge in [0.15, 0.2) is 0 Å². The summed E-state index contributed by atoms with van der Waals surface area (Å²) in [5, 5.41) is 13.3. The van der Waals surface area contributed by atoms with Crippen molar-refractivity contribution in [2.45, 2.75) is 4.90 Å². The molecule has 9 heteroatoms. The zero-order valence-electron chi connectivity index (χ0n) is 16.4. The molecule has 0 aromatic heterocycles. The second-order valence-electron chi connectivity index (χ2n) is 7.01. The average Bonchev–Trinajstić information content (AvgIpc) is 2.78. The Morgan fingerprint density at radius 3 is 2.30 bits per heavy atom. The van der Waals surface area contributed by atoms with Crippen molar-refractivity contribution >= 4 is 32.2 Å². The van der Waals surface area contributed by atoms with Crippen LogP contribution in [0.3, 0.4) is 0 Å². The van der Waals surface area contributed by atoms with Gasteiger partial charge >= 0.3 is 0 Å². The van der Waals surface area contributed by atoms with Crippen LogP contribution in [0.2, 0.25) is 0 Å². The van der Waals surface area contributed by atoms with Gasteiger partial charge in [-0.15, -0.1) is 0 Å². The third kappa shape index (κ3) is 3.69. The molecule has 0 saturated carbocycles. The van der Waals surface area contributed by atoms with Gasteiger partial charge in [-0.05, 0) is 35.0 Å². The van der Waals surface area contributed by atoms with Crippen LogP contribution in [0.25, 0.3) is 10.8 Å². The molecule has 30 heavy (non-hydrogen) atoms. The van der Waals surface area contributed by atoms with Gasteiger partial charge in [0.1, 0.15) is 11.4 Å². The zero-order chi connectivity index (χ0) is 21.3. The molecule has 3 aromatic rings. The maximum absolute atomic E-state index is 13.1. The van der Waals surface area contributed by atoms with E-state index in [1.165, 1.54) is 17.5 Å². The van der Waals surface area contributed by atoms with E-state index in [0.29, 0.717) is 24.5 Å². The quantitative estimate of drug-likeness (QED) is 0.458. The highest BCUT2D eigenvalue weighted by Crippen LogP contribution is 2.33.